The van der Waals surface area contributed by atoms with Crippen LogP contribution in [0.4, 0.5) is 4.39 Å². The van der Waals surface area contributed by atoms with Crippen LogP contribution in [-0.2, 0) is 4.74 Å². The molecule has 1 aromatic rings. The Labute approximate surface area is 118 Å². The van der Waals surface area contributed by atoms with Gasteiger partial charge in [-0.05, 0) is 32.1 Å². The van der Waals surface area contributed by atoms with Gasteiger partial charge in [0.25, 0.3) is 0 Å². The Morgan fingerprint density at radius 3 is 2.79 bits per heavy atom. The maximum atomic E-state index is 13.5. The molecular formula is C13H18FN3OS. The van der Waals surface area contributed by atoms with Gasteiger partial charge in [-0.1, -0.05) is 18.2 Å². The highest BCUT2D eigenvalue weighted by atomic mass is 32.1. The number of halogens is 1. The molecule has 0 aliphatic rings. The van der Waals surface area contributed by atoms with E-state index in [-0.39, 0.29) is 11.9 Å². The van der Waals surface area contributed by atoms with Crippen molar-refractivity contribution in [2.24, 2.45) is 5.10 Å². The Hall–Kier alpha value is -1.53. The normalized spacial score (nSPS) is 12.9. The Balaban J connectivity index is 2.57. The number of nitrogens with zero attached hydrogens (tertiary/aromatic N) is 1. The Bertz CT molecular complexity index is 465. The number of ether oxygens (including phenoxy) is 1. The van der Waals surface area contributed by atoms with Gasteiger partial charge in [-0.15, -0.1) is 0 Å². The van der Waals surface area contributed by atoms with Gasteiger partial charge in [0.05, 0.1) is 12.3 Å². The van der Waals surface area contributed by atoms with Gasteiger partial charge in [0, 0.05) is 18.7 Å². The first kappa shape index (κ1) is 15.5. The summed E-state index contributed by atoms with van der Waals surface area (Å²) in [6.07, 6.45) is 0. The van der Waals surface area contributed by atoms with Crippen molar-refractivity contribution in [3.05, 3.63) is 35.6 Å². The zero-order valence-corrected chi connectivity index (χ0v) is 12.1. The molecule has 6 heteroatoms. The number of hydrazone groups is 1. The van der Waals surface area contributed by atoms with Crippen molar-refractivity contribution < 1.29 is 9.13 Å². The first-order valence-electron chi connectivity index (χ1n) is 5.89. The third-order valence-electron chi connectivity index (χ3n) is 2.38. The second-order valence-electron chi connectivity index (χ2n) is 4.12. The molecule has 1 atom stereocenters. The average molecular weight is 283 g/mol. The molecule has 0 fully saturated rings. The molecule has 0 saturated heterocycles. The lowest BCUT2D eigenvalue weighted by Crippen LogP contribution is -2.40. The highest BCUT2D eigenvalue weighted by molar-refractivity contribution is 7.80. The number of hydrogen-bond acceptors (Lipinski definition) is 3. The molecule has 1 rings (SSSR count). The molecule has 0 unspecified atom stereocenters. The van der Waals surface area contributed by atoms with Crippen molar-refractivity contribution in [3.63, 3.8) is 0 Å². The Morgan fingerprint density at radius 1 is 1.47 bits per heavy atom. The van der Waals surface area contributed by atoms with Crippen LogP contribution in [0.25, 0.3) is 0 Å². The van der Waals surface area contributed by atoms with Crippen LogP contribution >= 0.6 is 12.2 Å². The maximum Gasteiger partial charge on any atom is 0.187 e. The summed E-state index contributed by atoms with van der Waals surface area (Å²) in [6, 6.07) is 6.53. The van der Waals surface area contributed by atoms with E-state index < -0.39 is 0 Å². The quantitative estimate of drug-likeness (QED) is 0.493. The minimum atomic E-state index is -0.308. The molecule has 1 aromatic carbocycles. The van der Waals surface area contributed by atoms with Gasteiger partial charge >= 0.3 is 0 Å². The third-order valence-corrected chi connectivity index (χ3v) is 2.59. The van der Waals surface area contributed by atoms with Gasteiger partial charge in [-0.3, -0.25) is 5.43 Å². The molecule has 0 aliphatic carbocycles. The van der Waals surface area contributed by atoms with Gasteiger partial charge in [-0.25, -0.2) is 4.39 Å². The fourth-order valence-electron chi connectivity index (χ4n) is 1.50. The highest BCUT2D eigenvalue weighted by Crippen LogP contribution is 2.07. The van der Waals surface area contributed by atoms with Crippen LogP contribution in [0.15, 0.2) is 29.4 Å². The summed E-state index contributed by atoms with van der Waals surface area (Å²) in [5.74, 6) is -0.308. The minimum Gasteiger partial charge on any atom is -0.383 e. The number of hydrogen-bond donors (Lipinski definition) is 2. The fourth-order valence-corrected chi connectivity index (χ4v) is 1.74. The third kappa shape index (κ3) is 5.32. The number of thiocarbonyl (C=S) groups is 1. The molecule has 0 heterocycles. The molecule has 4 nitrogen and oxygen atoms in total. The summed E-state index contributed by atoms with van der Waals surface area (Å²) >= 11 is 5.07. The topological polar surface area (TPSA) is 45.6 Å². The molecule has 19 heavy (non-hydrogen) atoms. The minimum absolute atomic E-state index is 0.0777. The number of rotatable bonds is 5. The lowest BCUT2D eigenvalue weighted by Gasteiger charge is -2.14. The van der Waals surface area contributed by atoms with Crippen molar-refractivity contribution in [1.29, 1.82) is 0 Å². The van der Waals surface area contributed by atoms with Crippen molar-refractivity contribution in [2.75, 3.05) is 13.7 Å². The Kier molecular flexibility index (Phi) is 6.38. The summed E-state index contributed by atoms with van der Waals surface area (Å²) in [4.78, 5) is 0. The van der Waals surface area contributed by atoms with Gasteiger partial charge in [-0.2, -0.15) is 5.10 Å². The van der Waals surface area contributed by atoms with Crippen molar-refractivity contribution in [2.45, 2.75) is 19.9 Å². The lowest BCUT2D eigenvalue weighted by atomic mass is 10.1. The van der Waals surface area contributed by atoms with E-state index in [1.807, 2.05) is 6.92 Å². The second kappa shape index (κ2) is 7.81. The molecule has 0 saturated carbocycles. The predicted octanol–water partition coefficient (Wildman–Crippen LogP) is 2.05. The van der Waals surface area contributed by atoms with E-state index in [1.165, 1.54) is 6.07 Å². The van der Waals surface area contributed by atoms with E-state index in [1.54, 1.807) is 32.2 Å². The van der Waals surface area contributed by atoms with E-state index in [2.05, 4.69) is 15.8 Å². The standard InChI is InChI=1S/C13H18FN3OS/c1-9(8-18-3)15-13(19)17-16-10(2)11-6-4-5-7-12(11)14/h4-7,9H,8H2,1-3H3,(H2,15,17,19)/b16-10-/t9-/m0/s1. The van der Waals surface area contributed by atoms with Crippen molar-refractivity contribution in [3.8, 4) is 0 Å². The smallest absolute Gasteiger partial charge is 0.187 e. The first-order valence-corrected chi connectivity index (χ1v) is 6.30. The van der Waals surface area contributed by atoms with E-state index in [0.29, 0.717) is 23.0 Å². The van der Waals surface area contributed by atoms with E-state index in [0.717, 1.165) is 0 Å². The van der Waals surface area contributed by atoms with Crippen LogP contribution in [0.3, 0.4) is 0 Å². The van der Waals surface area contributed by atoms with Gasteiger partial charge in [0.2, 0.25) is 0 Å². The SMILES string of the molecule is COC[C@H](C)NC(=S)N/N=C(/C)c1ccccc1F. The number of nitrogens with one attached hydrogen (secondary N) is 2. The van der Waals surface area contributed by atoms with Crippen LogP contribution < -0.4 is 10.7 Å². The average Bonchev–Trinajstić information content (AvgIpc) is 2.36. The monoisotopic (exact) mass is 283 g/mol. The largest absolute Gasteiger partial charge is 0.383 e. The zero-order valence-electron chi connectivity index (χ0n) is 11.2. The molecule has 0 spiro atoms. The molecule has 0 bridgehead atoms. The van der Waals surface area contributed by atoms with Gasteiger partial charge in [0.1, 0.15) is 5.82 Å². The summed E-state index contributed by atoms with van der Waals surface area (Å²) < 4.78 is 18.5. The fraction of sp³-hybridized carbons (Fsp3) is 0.385. The lowest BCUT2D eigenvalue weighted by molar-refractivity contribution is 0.179. The molecule has 2 N–H and O–H groups in total. The van der Waals surface area contributed by atoms with Crippen LogP contribution in [0.5, 0.6) is 0 Å². The molecule has 0 aromatic heterocycles. The molecule has 0 radical (unpaired) electrons. The van der Waals surface area contributed by atoms with Crippen molar-refractivity contribution >= 4 is 23.0 Å². The van der Waals surface area contributed by atoms with Crippen molar-refractivity contribution in [1.82, 2.24) is 10.7 Å². The van der Waals surface area contributed by atoms with E-state index in [4.69, 9.17) is 17.0 Å². The second-order valence-corrected chi connectivity index (χ2v) is 4.53. The Morgan fingerprint density at radius 2 is 2.16 bits per heavy atom. The van der Waals surface area contributed by atoms with Crippen LogP contribution in [-0.4, -0.2) is 30.6 Å². The van der Waals surface area contributed by atoms with Crippen LogP contribution in [0, 0.1) is 5.82 Å². The molecule has 0 aliphatic heterocycles. The van der Waals surface area contributed by atoms with E-state index in [9.17, 15) is 4.39 Å². The number of benzene rings is 1. The molecule has 104 valence electrons. The van der Waals surface area contributed by atoms with Crippen LogP contribution in [0.1, 0.15) is 19.4 Å². The zero-order chi connectivity index (χ0) is 14.3. The summed E-state index contributed by atoms with van der Waals surface area (Å²) in [6.45, 7) is 4.19. The predicted molar refractivity (Wildman–Crippen MR) is 78.8 cm³/mol. The summed E-state index contributed by atoms with van der Waals surface area (Å²) in [7, 11) is 1.62. The van der Waals surface area contributed by atoms with Gasteiger partial charge < -0.3 is 10.1 Å². The number of methoxy groups -OCH3 is 1. The van der Waals surface area contributed by atoms with Crippen LogP contribution in [0.2, 0.25) is 0 Å². The molecular weight excluding hydrogens is 265 g/mol. The highest BCUT2D eigenvalue weighted by Gasteiger charge is 2.05. The van der Waals surface area contributed by atoms with Gasteiger partial charge in [0.15, 0.2) is 5.11 Å². The van der Waals surface area contributed by atoms with E-state index >= 15 is 0 Å². The maximum absolute atomic E-state index is 13.5. The summed E-state index contributed by atoms with van der Waals surface area (Å²) in [5.41, 5.74) is 3.66. The molecule has 0 amide bonds. The first-order chi connectivity index (χ1) is 9.04. The summed E-state index contributed by atoms with van der Waals surface area (Å²) in [5, 5.41) is 7.42.